The van der Waals surface area contributed by atoms with Crippen LogP contribution >= 0.6 is 0 Å². The van der Waals surface area contributed by atoms with Gasteiger partial charge >= 0.3 is 0 Å². The Morgan fingerprint density at radius 2 is 2.45 bits per heavy atom. The molecule has 1 saturated heterocycles. The SMILES string of the molecule is C[C@H](O)C1=CC=C2NNCC21. The van der Waals surface area contributed by atoms with Crippen LogP contribution in [-0.4, -0.2) is 17.8 Å². The number of hydrogen-bond donors (Lipinski definition) is 3. The maximum atomic E-state index is 9.34. The van der Waals surface area contributed by atoms with Gasteiger partial charge in [-0.25, -0.2) is 5.43 Å². The smallest absolute Gasteiger partial charge is 0.0732 e. The molecular weight excluding hydrogens is 140 g/mol. The van der Waals surface area contributed by atoms with Gasteiger partial charge in [0, 0.05) is 18.2 Å². The minimum atomic E-state index is -0.324. The first kappa shape index (κ1) is 6.88. The second-order valence-corrected chi connectivity index (χ2v) is 3.02. The van der Waals surface area contributed by atoms with Gasteiger partial charge in [-0.3, -0.25) is 0 Å². The van der Waals surface area contributed by atoms with Crippen molar-refractivity contribution in [3.05, 3.63) is 23.4 Å². The Kier molecular flexibility index (Phi) is 1.47. The highest BCUT2D eigenvalue weighted by atomic mass is 16.3. The Morgan fingerprint density at radius 3 is 3.18 bits per heavy atom. The molecule has 0 radical (unpaired) electrons. The topological polar surface area (TPSA) is 44.3 Å². The summed E-state index contributed by atoms with van der Waals surface area (Å²) in [6.07, 6.45) is 3.70. The molecule has 1 aliphatic carbocycles. The fourth-order valence-electron chi connectivity index (χ4n) is 1.64. The molecule has 3 N–H and O–H groups in total. The molecule has 2 rings (SSSR count). The lowest BCUT2D eigenvalue weighted by Gasteiger charge is -2.12. The van der Waals surface area contributed by atoms with E-state index in [0.717, 1.165) is 12.1 Å². The van der Waals surface area contributed by atoms with E-state index in [4.69, 9.17) is 0 Å². The van der Waals surface area contributed by atoms with E-state index in [0.29, 0.717) is 5.92 Å². The van der Waals surface area contributed by atoms with Crippen LogP contribution in [0.4, 0.5) is 0 Å². The van der Waals surface area contributed by atoms with E-state index in [2.05, 4.69) is 10.9 Å². The third kappa shape index (κ3) is 0.968. The van der Waals surface area contributed by atoms with Crippen LogP contribution in [0.15, 0.2) is 23.4 Å². The molecule has 11 heavy (non-hydrogen) atoms. The van der Waals surface area contributed by atoms with Crippen LogP contribution in [0.2, 0.25) is 0 Å². The predicted molar refractivity (Wildman–Crippen MR) is 42.5 cm³/mol. The molecule has 0 bridgehead atoms. The number of rotatable bonds is 1. The molecule has 0 saturated carbocycles. The Morgan fingerprint density at radius 1 is 1.64 bits per heavy atom. The fraction of sp³-hybridized carbons (Fsp3) is 0.500. The summed E-state index contributed by atoms with van der Waals surface area (Å²) in [5.41, 5.74) is 8.38. The molecular formula is C8H12N2O. The predicted octanol–water partition coefficient (Wildman–Crippen LogP) is -0.0849. The zero-order valence-corrected chi connectivity index (χ0v) is 6.46. The minimum Gasteiger partial charge on any atom is -0.389 e. The first-order valence-corrected chi connectivity index (χ1v) is 3.87. The summed E-state index contributed by atoms with van der Waals surface area (Å²) in [5.74, 6) is 0.384. The minimum absolute atomic E-state index is 0.324. The lowest BCUT2D eigenvalue weighted by Crippen LogP contribution is -2.21. The second kappa shape index (κ2) is 2.36. The molecule has 2 aliphatic rings. The molecule has 0 aromatic rings. The Bertz CT molecular complexity index is 230. The van der Waals surface area contributed by atoms with Gasteiger partial charge in [-0.2, -0.15) is 0 Å². The van der Waals surface area contributed by atoms with E-state index in [-0.39, 0.29) is 6.10 Å². The van der Waals surface area contributed by atoms with Crippen LogP contribution in [0.5, 0.6) is 0 Å². The first-order valence-electron chi connectivity index (χ1n) is 3.87. The van der Waals surface area contributed by atoms with Crippen LogP contribution in [0.1, 0.15) is 6.92 Å². The third-order valence-corrected chi connectivity index (χ3v) is 2.25. The maximum Gasteiger partial charge on any atom is 0.0732 e. The van der Waals surface area contributed by atoms with Crippen LogP contribution in [0.25, 0.3) is 0 Å². The Hall–Kier alpha value is -0.800. The number of nitrogens with one attached hydrogen (secondary N) is 2. The van der Waals surface area contributed by atoms with Gasteiger partial charge in [-0.05, 0) is 18.6 Å². The molecule has 1 aliphatic heterocycles. The molecule has 3 heteroatoms. The summed E-state index contributed by atoms with van der Waals surface area (Å²) in [7, 11) is 0. The number of hydrazine groups is 1. The van der Waals surface area contributed by atoms with E-state index in [9.17, 15) is 5.11 Å². The van der Waals surface area contributed by atoms with Crippen molar-refractivity contribution in [2.24, 2.45) is 5.92 Å². The normalized spacial score (nSPS) is 30.5. The van der Waals surface area contributed by atoms with E-state index < -0.39 is 0 Å². The van der Waals surface area contributed by atoms with Gasteiger partial charge in [-0.1, -0.05) is 6.08 Å². The number of hydrogen-bond acceptors (Lipinski definition) is 3. The summed E-state index contributed by atoms with van der Waals surface area (Å²) in [5, 5.41) is 9.34. The van der Waals surface area contributed by atoms with Crippen LogP contribution in [0.3, 0.4) is 0 Å². The molecule has 1 fully saturated rings. The highest BCUT2D eigenvalue weighted by Crippen LogP contribution is 2.29. The highest BCUT2D eigenvalue weighted by molar-refractivity contribution is 5.37. The number of aliphatic hydroxyl groups is 1. The van der Waals surface area contributed by atoms with E-state index in [1.807, 2.05) is 12.2 Å². The molecule has 2 atom stereocenters. The van der Waals surface area contributed by atoms with Crippen LogP contribution in [0, 0.1) is 5.92 Å². The Labute approximate surface area is 65.8 Å². The average Bonchev–Trinajstić information content (AvgIpc) is 2.41. The summed E-state index contributed by atoms with van der Waals surface area (Å²) >= 11 is 0. The highest BCUT2D eigenvalue weighted by Gasteiger charge is 2.29. The van der Waals surface area contributed by atoms with E-state index >= 15 is 0 Å². The van der Waals surface area contributed by atoms with Gasteiger partial charge in [0.2, 0.25) is 0 Å². The largest absolute Gasteiger partial charge is 0.389 e. The van der Waals surface area contributed by atoms with Gasteiger partial charge in [0.05, 0.1) is 6.10 Å². The molecule has 0 aromatic carbocycles. The van der Waals surface area contributed by atoms with Crippen LogP contribution in [-0.2, 0) is 0 Å². The van der Waals surface area contributed by atoms with Gasteiger partial charge in [-0.15, -0.1) is 0 Å². The summed E-state index contributed by atoms with van der Waals surface area (Å²) in [6, 6.07) is 0. The van der Waals surface area contributed by atoms with Crippen molar-refractivity contribution in [1.29, 1.82) is 0 Å². The molecule has 3 nitrogen and oxygen atoms in total. The van der Waals surface area contributed by atoms with E-state index in [1.54, 1.807) is 6.92 Å². The maximum absolute atomic E-state index is 9.34. The van der Waals surface area contributed by atoms with Crippen molar-refractivity contribution in [2.45, 2.75) is 13.0 Å². The van der Waals surface area contributed by atoms with Crippen molar-refractivity contribution in [1.82, 2.24) is 10.9 Å². The molecule has 1 unspecified atom stereocenters. The second-order valence-electron chi connectivity index (χ2n) is 3.02. The summed E-state index contributed by atoms with van der Waals surface area (Å²) in [6.45, 7) is 2.70. The summed E-state index contributed by atoms with van der Waals surface area (Å²) in [4.78, 5) is 0. The standard InChI is InChI=1S/C8H12N2O/c1-5(11)6-2-3-8-7(6)4-9-10-8/h2-3,5,7,9-11H,4H2,1H3/t5-,7?/m0/s1. The van der Waals surface area contributed by atoms with Crippen molar-refractivity contribution in [2.75, 3.05) is 6.54 Å². The van der Waals surface area contributed by atoms with Gasteiger partial charge in [0.15, 0.2) is 0 Å². The molecule has 0 spiro atoms. The van der Waals surface area contributed by atoms with Crippen LogP contribution < -0.4 is 10.9 Å². The zero-order valence-electron chi connectivity index (χ0n) is 6.46. The molecule has 0 amide bonds. The third-order valence-electron chi connectivity index (χ3n) is 2.25. The lowest BCUT2D eigenvalue weighted by atomic mass is 9.98. The zero-order chi connectivity index (χ0) is 7.84. The quantitative estimate of drug-likeness (QED) is 0.492. The molecule has 0 aromatic heterocycles. The van der Waals surface area contributed by atoms with Gasteiger partial charge < -0.3 is 10.5 Å². The average molecular weight is 152 g/mol. The number of fused-ring (bicyclic) bond motifs is 1. The molecule has 1 heterocycles. The van der Waals surface area contributed by atoms with Crippen molar-refractivity contribution >= 4 is 0 Å². The summed E-state index contributed by atoms with van der Waals surface area (Å²) < 4.78 is 0. The van der Waals surface area contributed by atoms with Gasteiger partial charge in [0.1, 0.15) is 0 Å². The Balaban J connectivity index is 2.18. The lowest BCUT2D eigenvalue weighted by molar-refractivity contribution is 0.222. The number of aliphatic hydroxyl groups excluding tert-OH is 1. The molecule has 60 valence electrons. The van der Waals surface area contributed by atoms with Crippen molar-refractivity contribution in [3.63, 3.8) is 0 Å². The first-order chi connectivity index (χ1) is 5.29. The fourth-order valence-corrected chi connectivity index (χ4v) is 1.64. The van der Waals surface area contributed by atoms with Crippen molar-refractivity contribution in [3.8, 4) is 0 Å². The van der Waals surface area contributed by atoms with E-state index in [1.165, 1.54) is 5.70 Å². The monoisotopic (exact) mass is 152 g/mol. The van der Waals surface area contributed by atoms with Crippen molar-refractivity contribution < 1.29 is 5.11 Å². The number of allylic oxidation sites excluding steroid dienone is 2. The van der Waals surface area contributed by atoms with Gasteiger partial charge in [0.25, 0.3) is 0 Å².